The van der Waals surface area contributed by atoms with Crippen molar-refractivity contribution in [3.05, 3.63) is 78.4 Å². The third-order valence-electron chi connectivity index (χ3n) is 8.36. The van der Waals surface area contributed by atoms with Crippen LogP contribution in [0.4, 0.5) is 0 Å². The van der Waals surface area contributed by atoms with Crippen molar-refractivity contribution in [2.24, 2.45) is 11.8 Å². The van der Waals surface area contributed by atoms with Crippen LogP contribution in [-0.4, -0.2) is 32.8 Å². The van der Waals surface area contributed by atoms with Gasteiger partial charge in [0.2, 0.25) is 0 Å². The molecule has 2 aliphatic carbocycles. The van der Waals surface area contributed by atoms with Crippen LogP contribution < -0.4 is 10.6 Å². The van der Waals surface area contributed by atoms with Crippen molar-refractivity contribution in [2.75, 3.05) is 20.0 Å². The van der Waals surface area contributed by atoms with Crippen LogP contribution in [0.25, 0.3) is 27.1 Å². The standard InChI is InChI=1S/C28H33N3Si/c1-32(2,31-18-29-17-30-19-31)27-15-14-24-25(27)12-7-13-26(24)28-22-10-5-3-8-20(22)16-21-9-4-6-11-23(21)28/h3-13,16,24-25,27,29-30H,14-15,17-19H2,1-2H3. The first-order valence-corrected chi connectivity index (χ1v) is 15.1. The molecule has 3 aromatic carbocycles. The lowest BCUT2D eigenvalue weighted by Crippen LogP contribution is -2.63. The Kier molecular flexibility index (Phi) is 5.07. The summed E-state index contributed by atoms with van der Waals surface area (Å²) in [6, 6.07) is 20.3. The van der Waals surface area contributed by atoms with E-state index in [0.717, 1.165) is 25.5 Å². The smallest absolute Gasteiger partial charge is 0.128 e. The Labute approximate surface area is 192 Å². The lowest BCUT2D eigenvalue weighted by atomic mass is 9.78. The molecule has 1 aliphatic heterocycles. The van der Waals surface area contributed by atoms with Crippen molar-refractivity contribution in [1.29, 1.82) is 0 Å². The Morgan fingerprint density at radius 2 is 1.53 bits per heavy atom. The molecule has 3 aromatic rings. The SMILES string of the molecule is C[Si](C)(C1CCC2C(c3c4ccccc4cc4ccccc34)=CC=CC21)N1CNCNC1. The summed E-state index contributed by atoms with van der Waals surface area (Å²) in [4.78, 5) is 0. The average Bonchev–Trinajstić information content (AvgIpc) is 3.28. The molecular formula is C28H33N3Si. The van der Waals surface area contributed by atoms with Crippen LogP contribution in [0.1, 0.15) is 18.4 Å². The first-order chi connectivity index (χ1) is 15.6. The van der Waals surface area contributed by atoms with Gasteiger partial charge in [0.05, 0.1) is 0 Å². The number of nitrogens with zero attached hydrogens (tertiary/aromatic N) is 1. The van der Waals surface area contributed by atoms with Gasteiger partial charge in [-0.1, -0.05) is 86.3 Å². The zero-order valence-corrected chi connectivity index (χ0v) is 20.1. The van der Waals surface area contributed by atoms with Crippen molar-refractivity contribution in [3.63, 3.8) is 0 Å². The quantitative estimate of drug-likeness (QED) is 0.392. The van der Waals surface area contributed by atoms with E-state index in [4.69, 9.17) is 0 Å². The van der Waals surface area contributed by atoms with E-state index >= 15 is 0 Å². The number of allylic oxidation sites excluding steroid dienone is 4. The molecule has 3 nitrogen and oxygen atoms in total. The minimum atomic E-state index is -1.59. The number of nitrogens with one attached hydrogen (secondary N) is 2. The molecule has 1 saturated carbocycles. The summed E-state index contributed by atoms with van der Waals surface area (Å²) in [5.41, 5.74) is 3.82. The van der Waals surface area contributed by atoms with Crippen LogP contribution in [0.5, 0.6) is 0 Å². The second kappa shape index (κ2) is 7.96. The lowest BCUT2D eigenvalue weighted by Gasteiger charge is -2.45. The summed E-state index contributed by atoms with van der Waals surface area (Å²) in [5.74, 6) is 1.27. The number of benzene rings is 3. The molecule has 3 unspecified atom stereocenters. The first kappa shape index (κ1) is 20.4. The van der Waals surface area contributed by atoms with Crippen molar-refractivity contribution in [1.82, 2.24) is 15.2 Å². The van der Waals surface area contributed by atoms with Gasteiger partial charge in [0.1, 0.15) is 8.24 Å². The fourth-order valence-electron chi connectivity index (χ4n) is 6.65. The number of hydrogen-bond donors (Lipinski definition) is 2. The fourth-order valence-corrected chi connectivity index (χ4v) is 10.3. The van der Waals surface area contributed by atoms with Crippen LogP contribution >= 0.6 is 0 Å². The Balaban J connectivity index is 1.43. The second-order valence-electron chi connectivity index (χ2n) is 10.3. The Morgan fingerprint density at radius 1 is 0.875 bits per heavy atom. The van der Waals surface area contributed by atoms with E-state index in [1.807, 2.05) is 0 Å². The van der Waals surface area contributed by atoms with E-state index < -0.39 is 8.24 Å². The third-order valence-corrected chi connectivity index (χ3v) is 12.8. The molecule has 3 aliphatic rings. The average molecular weight is 440 g/mol. The molecule has 0 bridgehead atoms. The van der Waals surface area contributed by atoms with Crippen LogP contribution in [0.3, 0.4) is 0 Å². The van der Waals surface area contributed by atoms with Crippen LogP contribution in [0.15, 0.2) is 72.8 Å². The molecule has 164 valence electrons. The topological polar surface area (TPSA) is 27.3 Å². The molecular weight excluding hydrogens is 406 g/mol. The number of rotatable bonds is 3. The van der Waals surface area contributed by atoms with Crippen molar-refractivity contribution < 1.29 is 0 Å². The second-order valence-corrected chi connectivity index (χ2v) is 14.9. The van der Waals surface area contributed by atoms with Gasteiger partial charge in [-0.05, 0) is 62.5 Å². The Hall–Kier alpha value is -2.24. The number of hydrogen-bond acceptors (Lipinski definition) is 3. The highest BCUT2D eigenvalue weighted by Crippen LogP contribution is 2.55. The Morgan fingerprint density at radius 3 is 2.22 bits per heavy atom. The maximum atomic E-state index is 3.53. The fraction of sp³-hybridized carbons (Fsp3) is 0.357. The molecule has 1 saturated heterocycles. The van der Waals surface area contributed by atoms with Gasteiger partial charge in [0.25, 0.3) is 0 Å². The van der Waals surface area contributed by atoms with Gasteiger partial charge >= 0.3 is 0 Å². The molecule has 0 aromatic heterocycles. The van der Waals surface area contributed by atoms with Crippen LogP contribution in [0.2, 0.25) is 18.6 Å². The lowest BCUT2D eigenvalue weighted by molar-refractivity contribution is 0.283. The van der Waals surface area contributed by atoms with Gasteiger partial charge in [-0.2, -0.15) is 0 Å². The zero-order valence-electron chi connectivity index (χ0n) is 19.1. The minimum Gasteiger partial charge on any atom is -0.299 e. The monoisotopic (exact) mass is 439 g/mol. The van der Waals surface area contributed by atoms with Gasteiger partial charge in [0, 0.05) is 20.0 Å². The normalized spacial score (nSPS) is 26.4. The molecule has 2 N–H and O–H groups in total. The van der Waals surface area contributed by atoms with E-state index in [2.05, 4.69) is 101 Å². The van der Waals surface area contributed by atoms with Gasteiger partial charge in [0.15, 0.2) is 0 Å². The molecule has 6 rings (SSSR count). The summed E-state index contributed by atoms with van der Waals surface area (Å²) < 4.78 is 2.72. The molecule has 0 spiro atoms. The van der Waals surface area contributed by atoms with E-state index in [-0.39, 0.29) is 0 Å². The molecule has 3 atom stereocenters. The van der Waals surface area contributed by atoms with Crippen molar-refractivity contribution in [2.45, 2.75) is 31.5 Å². The Bertz CT molecular complexity index is 1170. The molecule has 32 heavy (non-hydrogen) atoms. The third kappa shape index (κ3) is 3.20. The summed E-state index contributed by atoms with van der Waals surface area (Å²) in [5, 5.41) is 12.6. The van der Waals surface area contributed by atoms with Crippen molar-refractivity contribution >= 4 is 35.4 Å². The van der Waals surface area contributed by atoms with Crippen LogP contribution in [0, 0.1) is 11.8 Å². The summed E-state index contributed by atoms with van der Waals surface area (Å²) in [6.07, 6.45) is 9.97. The maximum absolute atomic E-state index is 3.53. The predicted octanol–water partition coefficient (Wildman–Crippen LogP) is 5.92. The van der Waals surface area contributed by atoms with Gasteiger partial charge in [-0.15, -0.1) is 0 Å². The minimum absolute atomic E-state index is 0.622. The molecule has 2 fully saturated rings. The highest BCUT2D eigenvalue weighted by Gasteiger charge is 2.49. The summed E-state index contributed by atoms with van der Waals surface area (Å²) in [6.45, 7) is 8.17. The predicted molar refractivity (Wildman–Crippen MR) is 139 cm³/mol. The highest BCUT2D eigenvalue weighted by molar-refractivity contribution is 6.76. The summed E-state index contributed by atoms with van der Waals surface area (Å²) >= 11 is 0. The van der Waals surface area contributed by atoms with E-state index in [9.17, 15) is 0 Å². The van der Waals surface area contributed by atoms with Crippen molar-refractivity contribution in [3.8, 4) is 0 Å². The number of fused-ring (bicyclic) bond motifs is 3. The van der Waals surface area contributed by atoms with E-state index in [1.54, 1.807) is 5.57 Å². The summed E-state index contributed by atoms with van der Waals surface area (Å²) in [7, 11) is -1.59. The highest BCUT2D eigenvalue weighted by atomic mass is 28.3. The first-order valence-electron chi connectivity index (χ1n) is 12.1. The molecule has 0 amide bonds. The van der Waals surface area contributed by atoms with Gasteiger partial charge < -0.3 is 0 Å². The largest absolute Gasteiger partial charge is 0.299 e. The van der Waals surface area contributed by atoms with Gasteiger partial charge in [-0.25, -0.2) is 0 Å². The maximum Gasteiger partial charge on any atom is 0.128 e. The molecule has 4 heteroatoms. The molecule has 0 radical (unpaired) electrons. The van der Waals surface area contributed by atoms with E-state index in [1.165, 1.54) is 39.9 Å². The zero-order chi connectivity index (χ0) is 21.7. The van der Waals surface area contributed by atoms with Gasteiger partial charge in [-0.3, -0.25) is 15.2 Å². The molecule has 1 heterocycles. The van der Waals surface area contributed by atoms with E-state index in [0.29, 0.717) is 11.8 Å². The van der Waals surface area contributed by atoms with Crippen LogP contribution in [-0.2, 0) is 0 Å².